The Balaban J connectivity index is 3.03. The number of nitrogens with one attached hydrogen (secondary N) is 1. The predicted octanol–water partition coefficient (Wildman–Crippen LogP) is -0.403. The molecular weight excluding hydrogens is 131 g/mol. The average molecular weight is 140 g/mol. The third-order valence-electron chi connectivity index (χ3n) is 0.344. The van der Waals surface area contributed by atoms with Gasteiger partial charge in [-0.1, -0.05) is 11.6 Å². The molecule has 0 radical (unpaired) electrons. The molecule has 0 amide bonds. The van der Waals surface area contributed by atoms with Gasteiger partial charge in [-0.05, 0) is 6.92 Å². The summed E-state index contributed by atoms with van der Waals surface area (Å²) in [5.74, 6) is 0. The van der Waals surface area contributed by atoms with Gasteiger partial charge >= 0.3 is 0 Å². The van der Waals surface area contributed by atoms with Crippen LogP contribution in [0.5, 0.6) is 0 Å². The molecule has 8 heavy (non-hydrogen) atoms. The molecule has 0 aliphatic heterocycles. The first kappa shape index (κ1) is 7.49. The zero-order valence-corrected chi connectivity index (χ0v) is 5.47. The van der Waals surface area contributed by atoms with Crippen LogP contribution in [0, 0.1) is 0 Å². The molecule has 1 unspecified atom stereocenters. The summed E-state index contributed by atoms with van der Waals surface area (Å²) in [6.07, 6.45) is 0. The van der Waals surface area contributed by atoms with E-state index in [-0.39, 0.29) is 0 Å². The highest BCUT2D eigenvalue weighted by atomic mass is 35.5. The monoisotopic (exact) mass is 139 g/mol. The van der Waals surface area contributed by atoms with E-state index in [1.807, 2.05) is 0 Å². The molecule has 0 spiro atoms. The Bertz CT molecular complexity index is 75.7. The summed E-state index contributed by atoms with van der Waals surface area (Å²) in [5.41, 5.74) is -0.408. The first-order valence-electron chi connectivity index (χ1n) is 2.05. The van der Waals surface area contributed by atoms with E-state index in [0.29, 0.717) is 0 Å². The van der Waals surface area contributed by atoms with Crippen molar-refractivity contribution in [3.63, 3.8) is 0 Å². The summed E-state index contributed by atoms with van der Waals surface area (Å²) in [6.45, 7) is 1.65. The number of hydrogen-bond acceptors (Lipinski definition) is 3. The maximum Gasteiger partial charge on any atom is 0.242 e. The van der Waals surface area contributed by atoms with Crippen LogP contribution in [-0.4, -0.2) is 12.7 Å². The standard InChI is InChI=1S/C3H7ClN2O2/c1-3(4)8-6-5-7-2/h3H,1-2H3/p+1/b6-5-. The number of halogens is 1. The Morgan fingerprint density at radius 2 is 2.38 bits per heavy atom. The lowest BCUT2D eigenvalue weighted by Gasteiger charge is -1.87. The van der Waals surface area contributed by atoms with E-state index in [0.717, 1.165) is 0 Å². The van der Waals surface area contributed by atoms with Crippen molar-refractivity contribution in [3.8, 4) is 0 Å². The third kappa shape index (κ3) is 5.49. The summed E-state index contributed by atoms with van der Waals surface area (Å²) in [7, 11) is 1.40. The fraction of sp³-hybridized carbons (Fsp3) is 1.00. The van der Waals surface area contributed by atoms with Gasteiger partial charge in [-0.2, -0.15) is 0 Å². The van der Waals surface area contributed by atoms with Crippen molar-refractivity contribution in [1.29, 1.82) is 0 Å². The summed E-state index contributed by atoms with van der Waals surface area (Å²) >= 11 is 5.31. The molecule has 0 aromatic heterocycles. The molecule has 1 atom stereocenters. The lowest BCUT2D eigenvalue weighted by molar-refractivity contribution is -0.821. The smallest absolute Gasteiger partial charge is 0.242 e. The van der Waals surface area contributed by atoms with Crippen molar-refractivity contribution in [2.45, 2.75) is 12.5 Å². The number of alkyl halides is 1. The molecule has 0 saturated heterocycles. The molecule has 0 aromatic carbocycles. The molecule has 0 aromatic rings. The van der Waals surface area contributed by atoms with Crippen LogP contribution < -0.4 is 5.28 Å². The van der Waals surface area contributed by atoms with Crippen LogP contribution in [0.1, 0.15) is 6.92 Å². The average Bonchev–Trinajstić information content (AvgIpc) is 1.66. The van der Waals surface area contributed by atoms with E-state index >= 15 is 0 Å². The third-order valence-corrected chi connectivity index (χ3v) is 0.433. The van der Waals surface area contributed by atoms with Gasteiger partial charge < -0.3 is 4.84 Å². The lowest BCUT2D eigenvalue weighted by Crippen LogP contribution is -2.65. The topological polar surface area (TPSA) is 44.8 Å². The first-order valence-corrected chi connectivity index (χ1v) is 2.49. The largest absolute Gasteiger partial charge is 0.348 e. The second-order valence-corrected chi connectivity index (χ2v) is 1.64. The Labute approximate surface area is 52.4 Å². The van der Waals surface area contributed by atoms with Gasteiger partial charge in [0, 0.05) is 0 Å². The van der Waals surface area contributed by atoms with E-state index in [1.165, 1.54) is 7.11 Å². The van der Waals surface area contributed by atoms with E-state index < -0.39 is 5.56 Å². The molecule has 5 heteroatoms. The number of nitrogens with zero attached hydrogens (tertiary/aromatic N) is 1. The van der Waals surface area contributed by atoms with Gasteiger partial charge in [0.1, 0.15) is 12.4 Å². The molecule has 4 nitrogen and oxygen atoms in total. The van der Waals surface area contributed by atoms with Crippen LogP contribution in [0.2, 0.25) is 0 Å². The minimum atomic E-state index is -0.408. The van der Waals surface area contributed by atoms with E-state index in [9.17, 15) is 0 Å². The SMILES string of the molecule is CO/N=[NH+]\OC(C)Cl. The summed E-state index contributed by atoms with van der Waals surface area (Å²) in [6, 6.07) is 0. The van der Waals surface area contributed by atoms with Crippen molar-refractivity contribution < 1.29 is 15.0 Å². The van der Waals surface area contributed by atoms with Gasteiger partial charge in [0.05, 0.1) is 0 Å². The minimum Gasteiger partial charge on any atom is -0.348 e. The van der Waals surface area contributed by atoms with Gasteiger partial charge in [-0.15, -0.1) is 0 Å². The van der Waals surface area contributed by atoms with E-state index in [2.05, 4.69) is 20.2 Å². The molecule has 0 fully saturated rings. The minimum absolute atomic E-state index is 0.408. The van der Waals surface area contributed by atoms with Crippen molar-refractivity contribution in [3.05, 3.63) is 0 Å². The Hall–Kier alpha value is -0.510. The second-order valence-electron chi connectivity index (χ2n) is 1.03. The molecular formula is C3H8ClN2O2+. The zero-order valence-electron chi connectivity index (χ0n) is 4.72. The van der Waals surface area contributed by atoms with Crippen LogP contribution in [0.3, 0.4) is 0 Å². The van der Waals surface area contributed by atoms with Crippen LogP contribution >= 0.6 is 11.6 Å². The fourth-order valence-electron chi connectivity index (χ4n) is 0.131. The van der Waals surface area contributed by atoms with Crippen molar-refractivity contribution >= 4 is 11.6 Å². The maximum absolute atomic E-state index is 5.31. The lowest BCUT2D eigenvalue weighted by atomic mass is 10.9. The molecule has 48 valence electrons. The molecule has 0 heterocycles. The summed E-state index contributed by atoms with van der Waals surface area (Å²) in [5, 5.41) is 5.26. The Morgan fingerprint density at radius 1 is 1.75 bits per heavy atom. The predicted molar refractivity (Wildman–Crippen MR) is 26.8 cm³/mol. The van der Waals surface area contributed by atoms with Crippen LogP contribution in [-0.2, 0) is 9.68 Å². The maximum atomic E-state index is 5.31. The molecule has 0 rings (SSSR count). The highest BCUT2D eigenvalue weighted by Gasteiger charge is 1.94. The number of rotatable bonds is 3. The van der Waals surface area contributed by atoms with Gasteiger partial charge in [0.25, 0.3) is 0 Å². The normalized spacial score (nSPS) is 13.9. The second kappa shape index (κ2) is 4.64. The van der Waals surface area contributed by atoms with Gasteiger partial charge in [0.15, 0.2) is 0 Å². The quantitative estimate of drug-likeness (QED) is 0.329. The van der Waals surface area contributed by atoms with Gasteiger partial charge in [0.2, 0.25) is 10.8 Å². The highest BCUT2D eigenvalue weighted by molar-refractivity contribution is 6.19. The van der Waals surface area contributed by atoms with E-state index in [4.69, 9.17) is 11.6 Å². The van der Waals surface area contributed by atoms with Gasteiger partial charge in [-0.25, -0.2) is 4.84 Å². The summed E-state index contributed by atoms with van der Waals surface area (Å²) in [4.78, 5) is 8.73. The van der Waals surface area contributed by atoms with E-state index in [1.54, 1.807) is 6.92 Å². The highest BCUT2D eigenvalue weighted by Crippen LogP contribution is 1.86. The van der Waals surface area contributed by atoms with Crippen molar-refractivity contribution in [2.24, 2.45) is 5.28 Å². The Morgan fingerprint density at radius 3 is 2.75 bits per heavy atom. The Kier molecular flexibility index (Phi) is 4.35. The van der Waals surface area contributed by atoms with Gasteiger partial charge in [-0.3, -0.25) is 0 Å². The van der Waals surface area contributed by atoms with Crippen LogP contribution in [0.4, 0.5) is 0 Å². The van der Waals surface area contributed by atoms with Crippen LogP contribution in [0.15, 0.2) is 5.28 Å². The van der Waals surface area contributed by atoms with Crippen molar-refractivity contribution in [2.75, 3.05) is 7.11 Å². The molecule has 0 saturated carbocycles. The van der Waals surface area contributed by atoms with Crippen LogP contribution in [0.25, 0.3) is 0 Å². The zero-order chi connectivity index (χ0) is 6.41. The van der Waals surface area contributed by atoms with Crippen molar-refractivity contribution in [1.82, 2.24) is 0 Å². The number of hydrogen-bond donors (Lipinski definition) is 1. The molecule has 0 aliphatic rings. The molecule has 1 N–H and O–H groups in total. The molecule has 0 bridgehead atoms. The summed E-state index contributed by atoms with van der Waals surface area (Å²) < 4.78 is 0. The molecule has 0 aliphatic carbocycles. The fourth-order valence-corrected chi connectivity index (χ4v) is 0.171. The first-order chi connectivity index (χ1) is 3.77.